The maximum absolute atomic E-state index is 11.9. The van der Waals surface area contributed by atoms with Crippen LogP contribution in [0.3, 0.4) is 0 Å². The van der Waals surface area contributed by atoms with Gasteiger partial charge >= 0.3 is 0 Å². The molecule has 1 amide bonds. The van der Waals surface area contributed by atoms with Gasteiger partial charge in [0.2, 0.25) is 0 Å². The SMILES string of the molecule is CC(N)c1cccc(NC(=O)c2cccnc2)c1. The summed E-state index contributed by atoms with van der Waals surface area (Å²) < 4.78 is 0. The van der Waals surface area contributed by atoms with Crippen LogP contribution < -0.4 is 11.1 Å². The smallest absolute Gasteiger partial charge is 0.257 e. The highest BCUT2D eigenvalue weighted by atomic mass is 16.1. The summed E-state index contributed by atoms with van der Waals surface area (Å²) in [6.45, 7) is 1.90. The molecule has 2 rings (SSSR count). The van der Waals surface area contributed by atoms with Gasteiger partial charge in [0, 0.05) is 24.1 Å². The molecule has 92 valence electrons. The van der Waals surface area contributed by atoms with E-state index in [2.05, 4.69) is 10.3 Å². The first kappa shape index (κ1) is 12.3. The van der Waals surface area contributed by atoms with Crippen molar-refractivity contribution in [3.63, 3.8) is 0 Å². The minimum Gasteiger partial charge on any atom is -0.324 e. The Balaban J connectivity index is 2.15. The normalized spacial score (nSPS) is 11.9. The average Bonchev–Trinajstić information content (AvgIpc) is 2.40. The summed E-state index contributed by atoms with van der Waals surface area (Å²) in [5.41, 5.74) is 8.05. The van der Waals surface area contributed by atoms with Crippen LogP contribution in [0, 0.1) is 0 Å². The van der Waals surface area contributed by atoms with Crippen molar-refractivity contribution < 1.29 is 4.79 Å². The van der Waals surface area contributed by atoms with Gasteiger partial charge < -0.3 is 11.1 Å². The van der Waals surface area contributed by atoms with E-state index >= 15 is 0 Å². The second-order valence-corrected chi connectivity index (χ2v) is 4.11. The van der Waals surface area contributed by atoms with E-state index in [0.717, 1.165) is 11.3 Å². The fourth-order valence-electron chi connectivity index (χ4n) is 1.60. The van der Waals surface area contributed by atoms with Gasteiger partial charge in [-0.15, -0.1) is 0 Å². The molecule has 0 spiro atoms. The number of benzene rings is 1. The Morgan fingerprint density at radius 3 is 2.83 bits per heavy atom. The van der Waals surface area contributed by atoms with Crippen molar-refractivity contribution in [1.82, 2.24) is 4.98 Å². The van der Waals surface area contributed by atoms with Crippen LogP contribution in [0.2, 0.25) is 0 Å². The van der Waals surface area contributed by atoms with E-state index in [1.54, 1.807) is 18.3 Å². The van der Waals surface area contributed by atoms with Gasteiger partial charge in [-0.2, -0.15) is 0 Å². The standard InChI is InChI=1S/C14H15N3O/c1-10(15)11-4-2-6-13(8-11)17-14(18)12-5-3-7-16-9-12/h2-10H,15H2,1H3,(H,17,18). The second-order valence-electron chi connectivity index (χ2n) is 4.11. The summed E-state index contributed by atoms with van der Waals surface area (Å²) in [6.07, 6.45) is 3.16. The zero-order chi connectivity index (χ0) is 13.0. The topological polar surface area (TPSA) is 68.0 Å². The Morgan fingerprint density at radius 1 is 1.33 bits per heavy atom. The lowest BCUT2D eigenvalue weighted by Gasteiger charge is -2.09. The maximum atomic E-state index is 11.9. The number of amides is 1. The molecule has 1 heterocycles. The van der Waals surface area contributed by atoms with E-state index in [-0.39, 0.29) is 11.9 Å². The fourth-order valence-corrected chi connectivity index (χ4v) is 1.60. The molecule has 3 N–H and O–H groups in total. The number of rotatable bonds is 3. The molecule has 0 saturated heterocycles. The quantitative estimate of drug-likeness (QED) is 0.866. The minimum atomic E-state index is -0.176. The molecule has 0 fully saturated rings. The second kappa shape index (κ2) is 5.42. The first-order valence-electron chi connectivity index (χ1n) is 5.74. The Bertz CT molecular complexity index is 538. The van der Waals surface area contributed by atoms with Crippen LogP contribution in [0.5, 0.6) is 0 Å². The van der Waals surface area contributed by atoms with Crippen molar-refractivity contribution in [2.24, 2.45) is 5.73 Å². The largest absolute Gasteiger partial charge is 0.324 e. The highest BCUT2D eigenvalue weighted by molar-refractivity contribution is 6.04. The Kier molecular flexibility index (Phi) is 3.69. The van der Waals surface area contributed by atoms with Gasteiger partial charge in [-0.3, -0.25) is 9.78 Å². The molecule has 2 aromatic rings. The zero-order valence-electron chi connectivity index (χ0n) is 10.1. The molecule has 4 heteroatoms. The predicted octanol–water partition coefficient (Wildman–Crippen LogP) is 2.35. The molecule has 0 radical (unpaired) electrons. The number of nitrogens with zero attached hydrogens (tertiary/aromatic N) is 1. The van der Waals surface area contributed by atoms with Gasteiger partial charge in [-0.25, -0.2) is 0 Å². The van der Waals surface area contributed by atoms with E-state index in [1.165, 1.54) is 6.20 Å². The summed E-state index contributed by atoms with van der Waals surface area (Å²) in [6, 6.07) is 10.9. The van der Waals surface area contributed by atoms with E-state index in [1.807, 2.05) is 31.2 Å². The van der Waals surface area contributed by atoms with Crippen LogP contribution in [-0.2, 0) is 0 Å². The zero-order valence-corrected chi connectivity index (χ0v) is 10.1. The number of carbonyl (C=O) groups excluding carboxylic acids is 1. The molecular weight excluding hydrogens is 226 g/mol. The number of nitrogens with two attached hydrogens (primary N) is 1. The number of aromatic nitrogens is 1. The highest BCUT2D eigenvalue weighted by Gasteiger charge is 2.06. The number of hydrogen-bond acceptors (Lipinski definition) is 3. The molecule has 4 nitrogen and oxygen atoms in total. The number of nitrogens with one attached hydrogen (secondary N) is 1. The van der Waals surface area contributed by atoms with Crippen molar-refractivity contribution in [2.45, 2.75) is 13.0 Å². The van der Waals surface area contributed by atoms with Crippen LogP contribution in [0.25, 0.3) is 0 Å². The van der Waals surface area contributed by atoms with Crippen molar-refractivity contribution in [3.05, 3.63) is 59.9 Å². The third-order valence-corrected chi connectivity index (χ3v) is 2.59. The summed E-state index contributed by atoms with van der Waals surface area (Å²) in [7, 11) is 0. The molecule has 1 atom stereocenters. The number of carbonyl (C=O) groups is 1. The van der Waals surface area contributed by atoms with E-state index in [4.69, 9.17) is 5.73 Å². The molecular formula is C14H15N3O. The molecule has 0 bridgehead atoms. The molecule has 1 aromatic heterocycles. The average molecular weight is 241 g/mol. The molecule has 0 aliphatic rings. The lowest BCUT2D eigenvalue weighted by Crippen LogP contribution is -2.13. The lowest BCUT2D eigenvalue weighted by molar-refractivity contribution is 0.102. The predicted molar refractivity (Wildman–Crippen MR) is 71.2 cm³/mol. The van der Waals surface area contributed by atoms with Crippen LogP contribution >= 0.6 is 0 Å². The summed E-state index contributed by atoms with van der Waals surface area (Å²) in [5.74, 6) is -0.176. The summed E-state index contributed by atoms with van der Waals surface area (Å²) >= 11 is 0. The number of anilines is 1. The van der Waals surface area contributed by atoms with Crippen LogP contribution in [0.4, 0.5) is 5.69 Å². The minimum absolute atomic E-state index is 0.0553. The fraction of sp³-hybridized carbons (Fsp3) is 0.143. The van der Waals surface area contributed by atoms with Gasteiger partial charge in [0.15, 0.2) is 0 Å². The molecule has 0 aliphatic carbocycles. The third-order valence-electron chi connectivity index (χ3n) is 2.59. The lowest BCUT2D eigenvalue weighted by atomic mass is 10.1. The van der Waals surface area contributed by atoms with Crippen molar-refractivity contribution in [2.75, 3.05) is 5.32 Å². The van der Waals surface area contributed by atoms with E-state index in [0.29, 0.717) is 5.56 Å². The third kappa shape index (κ3) is 2.93. The molecule has 18 heavy (non-hydrogen) atoms. The van der Waals surface area contributed by atoms with Crippen molar-refractivity contribution in [3.8, 4) is 0 Å². The van der Waals surface area contributed by atoms with Crippen molar-refractivity contribution in [1.29, 1.82) is 0 Å². The number of pyridine rings is 1. The van der Waals surface area contributed by atoms with Crippen molar-refractivity contribution >= 4 is 11.6 Å². The maximum Gasteiger partial charge on any atom is 0.257 e. The monoisotopic (exact) mass is 241 g/mol. The van der Waals surface area contributed by atoms with Gasteiger partial charge in [0.25, 0.3) is 5.91 Å². The van der Waals surface area contributed by atoms with Gasteiger partial charge in [0.1, 0.15) is 0 Å². The molecule has 1 unspecified atom stereocenters. The first-order valence-corrected chi connectivity index (χ1v) is 5.74. The van der Waals surface area contributed by atoms with Gasteiger partial charge in [-0.05, 0) is 36.8 Å². The highest BCUT2D eigenvalue weighted by Crippen LogP contribution is 2.16. The van der Waals surface area contributed by atoms with Crippen LogP contribution in [-0.4, -0.2) is 10.9 Å². The van der Waals surface area contributed by atoms with E-state index in [9.17, 15) is 4.79 Å². The Hall–Kier alpha value is -2.20. The first-order chi connectivity index (χ1) is 8.66. The van der Waals surface area contributed by atoms with Crippen LogP contribution in [0.1, 0.15) is 28.9 Å². The van der Waals surface area contributed by atoms with E-state index < -0.39 is 0 Å². The Labute approximate surface area is 106 Å². The summed E-state index contributed by atoms with van der Waals surface area (Å²) in [4.78, 5) is 15.8. The molecule has 0 aliphatic heterocycles. The number of hydrogen-bond donors (Lipinski definition) is 2. The van der Waals surface area contributed by atoms with Crippen LogP contribution in [0.15, 0.2) is 48.8 Å². The van der Waals surface area contributed by atoms with Gasteiger partial charge in [-0.1, -0.05) is 12.1 Å². The molecule has 1 aromatic carbocycles. The van der Waals surface area contributed by atoms with Gasteiger partial charge in [0.05, 0.1) is 5.56 Å². The summed E-state index contributed by atoms with van der Waals surface area (Å²) in [5, 5.41) is 2.82. The Morgan fingerprint density at radius 2 is 2.17 bits per heavy atom. The molecule has 0 saturated carbocycles.